The molecule has 1 unspecified atom stereocenters. The minimum atomic E-state index is 0.203. The zero-order chi connectivity index (χ0) is 15.5. The van der Waals surface area contributed by atoms with Crippen LogP contribution in [0, 0.1) is 0 Å². The molecule has 0 aliphatic carbocycles. The molecule has 118 valence electrons. The smallest absolute Gasteiger partial charge is 0.277 e. The molecule has 0 bridgehead atoms. The number of quaternary nitrogens is 1. The van der Waals surface area contributed by atoms with Crippen molar-refractivity contribution in [3.63, 3.8) is 0 Å². The average molecular weight is 320 g/mol. The first-order valence-electron chi connectivity index (χ1n) is 7.68. The first-order valence-corrected chi connectivity index (χ1v) is 8.50. The van der Waals surface area contributed by atoms with Gasteiger partial charge in [-0.2, -0.15) is 0 Å². The van der Waals surface area contributed by atoms with Crippen molar-refractivity contribution in [2.24, 2.45) is 0 Å². The predicted molar refractivity (Wildman–Crippen MR) is 87.2 cm³/mol. The molecule has 0 radical (unpaired) electrons. The largest absolute Gasteiger partial charge is 0.378 e. The summed E-state index contributed by atoms with van der Waals surface area (Å²) < 4.78 is 6.50. The third kappa shape index (κ3) is 3.29. The van der Waals surface area contributed by atoms with Gasteiger partial charge in [0.1, 0.15) is 6.04 Å². The van der Waals surface area contributed by atoms with Crippen molar-refractivity contribution in [2.45, 2.75) is 13.0 Å². The van der Waals surface area contributed by atoms with E-state index in [2.05, 4.69) is 20.0 Å². The van der Waals surface area contributed by atoms with E-state index in [1.54, 1.807) is 11.3 Å². The van der Waals surface area contributed by atoms with E-state index in [0.717, 1.165) is 10.5 Å². The van der Waals surface area contributed by atoms with Crippen molar-refractivity contribution in [3.05, 3.63) is 29.3 Å². The van der Waals surface area contributed by atoms with Crippen LogP contribution in [0.1, 0.15) is 18.0 Å². The summed E-state index contributed by atoms with van der Waals surface area (Å²) in [5.41, 5.74) is 1.04. The van der Waals surface area contributed by atoms with E-state index < -0.39 is 0 Å². The Morgan fingerprint density at radius 2 is 2.14 bits per heavy atom. The quantitative estimate of drug-likeness (QED) is 0.903. The van der Waals surface area contributed by atoms with E-state index in [0.29, 0.717) is 32.8 Å². The van der Waals surface area contributed by atoms with Crippen molar-refractivity contribution in [2.75, 3.05) is 39.9 Å². The van der Waals surface area contributed by atoms with Gasteiger partial charge < -0.3 is 14.5 Å². The zero-order valence-electron chi connectivity index (χ0n) is 13.0. The average Bonchev–Trinajstić information content (AvgIpc) is 2.98. The summed E-state index contributed by atoms with van der Waals surface area (Å²) in [5, 5.41) is 1.09. The molecule has 1 saturated heterocycles. The van der Waals surface area contributed by atoms with Crippen LogP contribution in [0.2, 0.25) is 0 Å². The van der Waals surface area contributed by atoms with Crippen molar-refractivity contribution < 1.29 is 14.4 Å². The van der Waals surface area contributed by atoms with Crippen molar-refractivity contribution >= 4 is 27.5 Å². The highest BCUT2D eigenvalue weighted by atomic mass is 32.1. The van der Waals surface area contributed by atoms with Gasteiger partial charge in [-0.05, 0) is 19.1 Å². The van der Waals surface area contributed by atoms with Crippen LogP contribution in [0.4, 0.5) is 0 Å². The second-order valence-electron chi connectivity index (χ2n) is 5.76. The lowest BCUT2D eigenvalue weighted by Gasteiger charge is -2.28. The van der Waals surface area contributed by atoms with Crippen LogP contribution in [-0.4, -0.2) is 55.7 Å². The molecule has 2 heterocycles. The summed E-state index contributed by atoms with van der Waals surface area (Å²) in [7, 11) is 2.06. The van der Waals surface area contributed by atoms with Crippen LogP contribution in [0.5, 0.6) is 0 Å². The first-order chi connectivity index (χ1) is 10.6. The summed E-state index contributed by atoms with van der Waals surface area (Å²) in [6.07, 6.45) is 0. The third-order valence-electron chi connectivity index (χ3n) is 4.21. The molecule has 1 aromatic heterocycles. The lowest BCUT2D eigenvalue weighted by Crippen LogP contribution is -3.10. The molecule has 1 aliphatic heterocycles. The normalized spacial score (nSPS) is 18.4. The van der Waals surface area contributed by atoms with E-state index in [4.69, 9.17) is 9.72 Å². The molecule has 2 atom stereocenters. The molecule has 0 spiro atoms. The van der Waals surface area contributed by atoms with Gasteiger partial charge in [-0.1, -0.05) is 12.1 Å². The fraction of sp³-hybridized carbons (Fsp3) is 0.500. The Bertz CT molecular complexity index is 619. The molecule has 5 nitrogen and oxygen atoms in total. The summed E-state index contributed by atoms with van der Waals surface area (Å²) >= 11 is 1.72. The first kappa shape index (κ1) is 15.4. The fourth-order valence-corrected chi connectivity index (χ4v) is 3.71. The number of morpholine rings is 1. The van der Waals surface area contributed by atoms with Gasteiger partial charge in [0.15, 0.2) is 11.6 Å². The number of hydrogen-bond acceptors (Lipinski definition) is 4. The second kappa shape index (κ2) is 6.73. The van der Waals surface area contributed by atoms with Gasteiger partial charge in [0.05, 0.1) is 30.5 Å². The van der Waals surface area contributed by atoms with Crippen LogP contribution in [0.15, 0.2) is 24.3 Å². The summed E-state index contributed by atoms with van der Waals surface area (Å²) in [6.45, 7) is 5.36. The highest BCUT2D eigenvalue weighted by Crippen LogP contribution is 2.24. The van der Waals surface area contributed by atoms with E-state index in [-0.39, 0.29) is 11.9 Å². The predicted octanol–water partition coefficient (Wildman–Crippen LogP) is 0.731. The van der Waals surface area contributed by atoms with Gasteiger partial charge in [0.2, 0.25) is 0 Å². The SMILES string of the molecule is C[C@H](c1nc2ccccc2s1)[NH+](C)CC(=O)N1CCOCC1. The number of benzene rings is 1. The zero-order valence-corrected chi connectivity index (χ0v) is 13.9. The maximum absolute atomic E-state index is 12.3. The lowest BCUT2D eigenvalue weighted by molar-refractivity contribution is -0.902. The van der Waals surface area contributed by atoms with Crippen LogP contribution in [-0.2, 0) is 9.53 Å². The van der Waals surface area contributed by atoms with Gasteiger partial charge in [0, 0.05) is 13.1 Å². The summed E-state index contributed by atoms with van der Waals surface area (Å²) in [4.78, 5) is 20.1. The van der Waals surface area contributed by atoms with E-state index in [1.165, 1.54) is 9.60 Å². The van der Waals surface area contributed by atoms with Gasteiger partial charge in [0.25, 0.3) is 5.91 Å². The van der Waals surface area contributed by atoms with Crippen LogP contribution in [0.3, 0.4) is 0 Å². The number of aromatic nitrogens is 1. The number of nitrogens with one attached hydrogen (secondary N) is 1. The van der Waals surface area contributed by atoms with Crippen molar-refractivity contribution in [1.82, 2.24) is 9.88 Å². The molecule has 1 amide bonds. The molecule has 6 heteroatoms. The molecule has 22 heavy (non-hydrogen) atoms. The van der Waals surface area contributed by atoms with E-state index >= 15 is 0 Å². The van der Waals surface area contributed by atoms with Gasteiger partial charge in [-0.15, -0.1) is 11.3 Å². The number of carbonyl (C=O) groups excluding carboxylic acids is 1. The molecule has 1 N–H and O–H groups in total. The number of likely N-dealkylation sites (N-methyl/N-ethyl adjacent to an activating group) is 1. The number of thiazole rings is 1. The number of rotatable bonds is 4. The van der Waals surface area contributed by atoms with Crippen molar-refractivity contribution in [1.29, 1.82) is 0 Å². The number of ether oxygens (including phenoxy) is 1. The Morgan fingerprint density at radius 3 is 2.86 bits per heavy atom. The monoisotopic (exact) mass is 320 g/mol. The van der Waals surface area contributed by atoms with Crippen LogP contribution >= 0.6 is 11.3 Å². The molecule has 2 aromatic rings. The minimum absolute atomic E-state index is 0.203. The highest BCUT2D eigenvalue weighted by molar-refractivity contribution is 7.18. The second-order valence-corrected chi connectivity index (χ2v) is 6.82. The Morgan fingerprint density at radius 1 is 1.41 bits per heavy atom. The Labute approximate surface area is 134 Å². The highest BCUT2D eigenvalue weighted by Gasteiger charge is 2.25. The summed E-state index contributed by atoms with van der Waals surface area (Å²) in [5.74, 6) is 0.203. The molecule has 1 aromatic carbocycles. The van der Waals surface area contributed by atoms with Gasteiger partial charge >= 0.3 is 0 Å². The number of carbonyl (C=O) groups is 1. The lowest BCUT2D eigenvalue weighted by atomic mass is 10.3. The van der Waals surface area contributed by atoms with Crippen molar-refractivity contribution in [3.8, 4) is 0 Å². The Balaban J connectivity index is 1.65. The number of hydrogen-bond donors (Lipinski definition) is 1. The maximum Gasteiger partial charge on any atom is 0.277 e. The van der Waals surface area contributed by atoms with Crippen LogP contribution in [0.25, 0.3) is 10.2 Å². The molecular weight excluding hydrogens is 298 g/mol. The number of para-hydroxylation sites is 1. The molecule has 3 rings (SSSR count). The van der Waals surface area contributed by atoms with E-state index in [1.807, 2.05) is 23.1 Å². The fourth-order valence-electron chi connectivity index (χ4n) is 2.60. The molecule has 1 aliphatic rings. The topological polar surface area (TPSA) is 46.9 Å². The number of fused-ring (bicyclic) bond motifs is 1. The van der Waals surface area contributed by atoms with Gasteiger partial charge in [-0.25, -0.2) is 4.98 Å². The van der Waals surface area contributed by atoms with Crippen LogP contribution < -0.4 is 4.90 Å². The van der Waals surface area contributed by atoms with Gasteiger partial charge in [-0.3, -0.25) is 4.79 Å². The standard InChI is InChI=1S/C16H21N3O2S/c1-12(16-17-13-5-3-4-6-14(13)22-16)18(2)11-15(20)19-7-9-21-10-8-19/h3-6,12H,7-11H2,1-2H3/p+1/t12-/m1/s1. The Kier molecular flexibility index (Phi) is 4.71. The maximum atomic E-state index is 12.3. The minimum Gasteiger partial charge on any atom is -0.378 e. The molecule has 0 saturated carbocycles. The number of amides is 1. The molecular formula is C16H22N3O2S+. The molecule has 1 fully saturated rings. The van der Waals surface area contributed by atoms with E-state index in [9.17, 15) is 4.79 Å². The Hall–Kier alpha value is -1.50. The summed E-state index contributed by atoms with van der Waals surface area (Å²) in [6, 6.07) is 8.39. The number of nitrogens with zero attached hydrogens (tertiary/aromatic N) is 2. The third-order valence-corrected chi connectivity index (χ3v) is 5.43.